The summed E-state index contributed by atoms with van der Waals surface area (Å²) in [6.45, 7) is 3.47. The zero-order chi connectivity index (χ0) is 9.35. The molecule has 3 atom stereocenters. The minimum Gasteiger partial charge on any atom is -0.755 e. The van der Waals surface area contributed by atoms with E-state index in [2.05, 4.69) is 6.58 Å². The maximum absolute atomic E-state index is 11.0. The molecule has 0 aliphatic heterocycles. The summed E-state index contributed by atoms with van der Waals surface area (Å²) in [7, 11) is 0. The van der Waals surface area contributed by atoms with Gasteiger partial charge in [-0.05, 0) is 6.42 Å². The molecule has 0 aromatic carbocycles. The largest absolute Gasteiger partial charge is 0.755 e. The van der Waals surface area contributed by atoms with Crippen molar-refractivity contribution in [2.24, 2.45) is 11.7 Å². The first-order chi connectivity index (χ1) is 5.50. The van der Waals surface area contributed by atoms with Crippen molar-refractivity contribution in [3.05, 3.63) is 12.7 Å². The normalized spacial score (nSPS) is 32.6. The van der Waals surface area contributed by atoms with Crippen LogP contribution in [0.3, 0.4) is 0 Å². The van der Waals surface area contributed by atoms with Crippen molar-refractivity contribution in [1.82, 2.24) is 4.72 Å². The van der Waals surface area contributed by atoms with Crippen molar-refractivity contribution in [1.29, 1.82) is 0 Å². The molecule has 1 unspecified atom stereocenters. The van der Waals surface area contributed by atoms with Crippen LogP contribution in [-0.4, -0.2) is 20.2 Å². The number of nitrogens with one attached hydrogen (secondary N) is 1. The van der Waals surface area contributed by atoms with E-state index in [1.165, 1.54) is 0 Å². The van der Waals surface area contributed by atoms with Crippen LogP contribution in [0.25, 0.3) is 0 Å². The van der Waals surface area contributed by atoms with Crippen LogP contribution >= 0.6 is 0 Å². The molecule has 0 saturated heterocycles. The summed E-state index contributed by atoms with van der Waals surface area (Å²) < 4.78 is 21.8. The molecule has 13 heavy (non-hydrogen) atoms. The van der Waals surface area contributed by atoms with Gasteiger partial charge in [0, 0.05) is 38.2 Å². The Morgan fingerprint density at radius 1 is 1.85 bits per heavy atom. The van der Waals surface area contributed by atoms with Gasteiger partial charge in [-0.2, -0.15) is 0 Å². The van der Waals surface area contributed by atoms with Gasteiger partial charge in [0.2, 0.25) is 0 Å². The Kier molecular flexibility index (Phi) is 4.45. The summed E-state index contributed by atoms with van der Waals surface area (Å²) in [4.78, 5) is 11.0. The molecule has 1 amide bonds. The van der Waals surface area contributed by atoms with Gasteiger partial charge in [-0.25, -0.2) is 0 Å². The first-order valence-corrected chi connectivity index (χ1v) is 4.40. The quantitative estimate of drug-likeness (QED) is 0.480. The molecular formula is C6H9N2O3SW-. The number of carbonyl (C=O) groups excluding carboxylic acids is 1. The maximum atomic E-state index is 11.0. The third-order valence-electron chi connectivity index (χ3n) is 1.94. The standard InChI is InChI=1S/C6H10N2O3S.W/c1-2-4-3-6(4,7)5(9)8-12(10)11;/h2,4H,1,3,7H2,(H,8,9)(H,10,11);/p-1/t4-,6-;/m1./s1. The van der Waals surface area contributed by atoms with E-state index in [-0.39, 0.29) is 27.0 Å². The van der Waals surface area contributed by atoms with E-state index < -0.39 is 22.7 Å². The first-order valence-electron chi connectivity index (χ1n) is 3.32. The topological polar surface area (TPSA) is 95.2 Å². The maximum Gasteiger partial charge on any atom is 0.251 e. The molecule has 0 aromatic rings. The first kappa shape index (κ1) is 13.0. The van der Waals surface area contributed by atoms with E-state index in [1.54, 1.807) is 10.8 Å². The molecule has 0 radical (unpaired) electrons. The van der Waals surface area contributed by atoms with Crippen molar-refractivity contribution >= 4 is 17.2 Å². The summed E-state index contributed by atoms with van der Waals surface area (Å²) in [6, 6.07) is 0. The second kappa shape index (κ2) is 4.46. The molecular weight excluding hydrogens is 364 g/mol. The number of hydrogen-bond acceptors (Lipinski definition) is 4. The Hall–Kier alpha value is -0.0317. The zero-order valence-corrected chi connectivity index (χ0v) is 10.4. The summed E-state index contributed by atoms with van der Waals surface area (Å²) in [6.07, 6.45) is 2.01. The second-order valence-electron chi connectivity index (χ2n) is 2.75. The van der Waals surface area contributed by atoms with E-state index in [4.69, 9.17) is 5.73 Å². The van der Waals surface area contributed by atoms with Crippen LogP contribution in [0.15, 0.2) is 12.7 Å². The van der Waals surface area contributed by atoms with Crippen LogP contribution in [-0.2, 0) is 37.1 Å². The third-order valence-corrected chi connectivity index (χ3v) is 2.29. The van der Waals surface area contributed by atoms with Crippen molar-refractivity contribution < 1.29 is 34.6 Å². The van der Waals surface area contributed by atoms with E-state index in [9.17, 15) is 13.6 Å². The zero-order valence-electron chi connectivity index (χ0n) is 6.69. The Bertz CT molecular complexity index is 260. The van der Waals surface area contributed by atoms with Crippen molar-refractivity contribution in [2.75, 3.05) is 0 Å². The fourth-order valence-corrected chi connectivity index (χ4v) is 1.37. The van der Waals surface area contributed by atoms with Crippen molar-refractivity contribution in [3.63, 3.8) is 0 Å². The molecule has 1 aliphatic carbocycles. The molecule has 0 heterocycles. The van der Waals surface area contributed by atoms with E-state index in [0.29, 0.717) is 6.42 Å². The second-order valence-corrected chi connectivity index (χ2v) is 3.43. The number of amides is 1. The van der Waals surface area contributed by atoms with Gasteiger partial charge in [-0.15, -0.1) is 6.58 Å². The minimum atomic E-state index is -2.58. The van der Waals surface area contributed by atoms with Crippen LogP contribution in [0.4, 0.5) is 0 Å². The fourth-order valence-electron chi connectivity index (χ4n) is 1.03. The van der Waals surface area contributed by atoms with Gasteiger partial charge in [0.1, 0.15) is 5.54 Å². The van der Waals surface area contributed by atoms with Crippen LogP contribution in [0.2, 0.25) is 0 Å². The molecule has 74 valence electrons. The van der Waals surface area contributed by atoms with Crippen molar-refractivity contribution in [3.8, 4) is 0 Å². The van der Waals surface area contributed by atoms with Gasteiger partial charge >= 0.3 is 0 Å². The van der Waals surface area contributed by atoms with E-state index in [1.807, 2.05) is 0 Å². The molecule has 1 saturated carbocycles. The average Bonchev–Trinajstić information content (AvgIpc) is 2.62. The molecule has 1 rings (SSSR count). The smallest absolute Gasteiger partial charge is 0.251 e. The number of carbonyl (C=O) groups is 1. The number of rotatable bonds is 3. The van der Waals surface area contributed by atoms with Crippen LogP contribution in [0.5, 0.6) is 0 Å². The SMILES string of the molecule is C=C[C@@H]1C[C@]1(N)C(=O)NS(=O)[O-].[W]. The number of nitrogens with two attached hydrogens (primary N) is 1. The van der Waals surface area contributed by atoms with Gasteiger partial charge < -0.3 is 10.3 Å². The Balaban J connectivity index is 0.00000144. The molecule has 1 aliphatic rings. The molecule has 0 spiro atoms. The monoisotopic (exact) mass is 373 g/mol. The van der Waals surface area contributed by atoms with E-state index in [0.717, 1.165) is 0 Å². The summed E-state index contributed by atoms with van der Waals surface area (Å²) in [5.41, 5.74) is 4.48. The third kappa shape index (κ3) is 2.70. The van der Waals surface area contributed by atoms with Crippen LogP contribution in [0.1, 0.15) is 6.42 Å². The summed E-state index contributed by atoms with van der Waals surface area (Å²) in [5, 5.41) is 0. The average molecular weight is 373 g/mol. The number of hydrogen-bond donors (Lipinski definition) is 2. The van der Waals surface area contributed by atoms with Gasteiger partial charge in [-0.1, -0.05) is 6.08 Å². The molecule has 0 bridgehead atoms. The Morgan fingerprint density at radius 3 is 2.69 bits per heavy atom. The van der Waals surface area contributed by atoms with Gasteiger partial charge in [0.15, 0.2) is 0 Å². The van der Waals surface area contributed by atoms with Crippen LogP contribution in [0, 0.1) is 5.92 Å². The predicted octanol–water partition coefficient (Wildman–Crippen LogP) is -1.20. The fraction of sp³-hybridized carbons (Fsp3) is 0.500. The predicted molar refractivity (Wildman–Crippen MR) is 42.3 cm³/mol. The molecule has 0 aromatic heterocycles. The van der Waals surface area contributed by atoms with Gasteiger partial charge in [0.05, 0.1) is 0 Å². The molecule has 3 N–H and O–H groups in total. The molecule has 5 nitrogen and oxygen atoms in total. The summed E-state index contributed by atoms with van der Waals surface area (Å²) in [5.74, 6) is -0.776. The minimum absolute atomic E-state index is 0. The molecule has 1 fully saturated rings. The van der Waals surface area contributed by atoms with Gasteiger partial charge in [0.25, 0.3) is 5.91 Å². The Labute approximate surface area is 92.8 Å². The molecule has 7 heteroatoms. The van der Waals surface area contributed by atoms with Gasteiger partial charge in [-0.3, -0.25) is 13.7 Å². The van der Waals surface area contributed by atoms with Crippen molar-refractivity contribution in [2.45, 2.75) is 12.0 Å². The van der Waals surface area contributed by atoms with Crippen LogP contribution < -0.4 is 10.5 Å². The van der Waals surface area contributed by atoms with E-state index >= 15 is 0 Å². The summed E-state index contributed by atoms with van der Waals surface area (Å²) >= 11 is -2.58. The Morgan fingerprint density at radius 2 is 2.38 bits per heavy atom.